The van der Waals surface area contributed by atoms with E-state index >= 15 is 0 Å². The lowest BCUT2D eigenvalue weighted by molar-refractivity contribution is -0.677. The van der Waals surface area contributed by atoms with E-state index in [0.29, 0.717) is 31.0 Å². The first-order valence-corrected chi connectivity index (χ1v) is 11.3. The van der Waals surface area contributed by atoms with E-state index in [1.807, 2.05) is 73.0 Å². The van der Waals surface area contributed by atoms with Crippen LogP contribution in [0, 0.1) is 0 Å². The second-order valence-corrected chi connectivity index (χ2v) is 8.25. The molecule has 3 rings (SSSR count). The summed E-state index contributed by atoms with van der Waals surface area (Å²) in [6.07, 6.45) is 2.83. The first-order valence-electron chi connectivity index (χ1n) is 9.71. The molecule has 1 aromatic heterocycles. The molecule has 1 heterocycles. The summed E-state index contributed by atoms with van der Waals surface area (Å²) in [5.74, 6) is 1.07. The van der Waals surface area contributed by atoms with E-state index < -0.39 is 10.1 Å². The summed E-state index contributed by atoms with van der Waals surface area (Å²) < 4.78 is 45.0. The molecule has 1 N–H and O–H groups in total. The van der Waals surface area contributed by atoms with Crippen molar-refractivity contribution in [2.24, 2.45) is 0 Å². The number of oxazole rings is 1. The zero-order valence-corrected chi connectivity index (χ0v) is 17.5. The molecular formula is C22H26NO5S+. The zero-order valence-electron chi connectivity index (χ0n) is 16.7. The van der Waals surface area contributed by atoms with Crippen LogP contribution in [0.4, 0.5) is 0 Å². The molecule has 0 unspecified atom stereocenters. The van der Waals surface area contributed by atoms with E-state index in [4.69, 9.17) is 13.7 Å². The summed E-state index contributed by atoms with van der Waals surface area (Å²) in [7, 11) is -4.01. The molecule has 0 saturated heterocycles. The number of hydrogen-bond acceptors (Lipinski definition) is 4. The average Bonchev–Trinajstić information content (AvgIpc) is 3.04. The second kappa shape index (κ2) is 9.24. The fourth-order valence-electron chi connectivity index (χ4n) is 3.22. The fraction of sp³-hybridized carbons (Fsp3) is 0.318. The number of aryl methyl sites for hydroxylation is 1. The molecule has 2 aromatic carbocycles. The van der Waals surface area contributed by atoms with Crippen LogP contribution in [0.15, 0.2) is 58.7 Å². The Morgan fingerprint density at radius 3 is 2.55 bits per heavy atom. The molecule has 0 aliphatic carbocycles. The van der Waals surface area contributed by atoms with Crippen molar-refractivity contribution in [3.63, 3.8) is 0 Å². The minimum atomic E-state index is -4.01. The van der Waals surface area contributed by atoms with Gasteiger partial charge in [-0.3, -0.25) is 4.55 Å². The van der Waals surface area contributed by atoms with E-state index in [1.54, 1.807) is 0 Å². The number of rotatable bonds is 9. The molecular weight excluding hydrogens is 390 g/mol. The van der Waals surface area contributed by atoms with Crippen molar-refractivity contribution < 1.29 is 26.7 Å². The standard InChI is InChI=1S/C22H25NO5S/c1-3-19(27-4-2)16-22-23(13-8-14-29(24,25)26)20-15-18(11-12-21(20)28-22)17-9-6-5-7-10-17/h5-7,9-12,15-16H,3-4,8,13-14H2,1-2H3/p+1/b19-16-. The first kappa shape index (κ1) is 21.1. The van der Waals surface area contributed by atoms with E-state index in [0.717, 1.165) is 22.4 Å². The predicted octanol–water partition coefficient (Wildman–Crippen LogP) is 4.45. The molecule has 3 aromatic rings. The highest BCUT2D eigenvalue weighted by molar-refractivity contribution is 7.85. The van der Waals surface area contributed by atoms with Gasteiger partial charge in [0.15, 0.2) is 6.54 Å². The van der Waals surface area contributed by atoms with Crippen LogP contribution in [-0.2, 0) is 21.4 Å². The fourth-order valence-corrected chi connectivity index (χ4v) is 3.72. The van der Waals surface area contributed by atoms with Gasteiger partial charge >= 0.3 is 5.89 Å². The van der Waals surface area contributed by atoms with Crippen molar-refractivity contribution in [1.82, 2.24) is 0 Å². The molecule has 154 valence electrons. The lowest BCUT2D eigenvalue weighted by Gasteiger charge is -2.03. The monoisotopic (exact) mass is 416 g/mol. The lowest BCUT2D eigenvalue weighted by Crippen LogP contribution is -2.36. The van der Waals surface area contributed by atoms with Crippen molar-refractivity contribution in [1.29, 1.82) is 0 Å². The largest absolute Gasteiger partial charge is 0.498 e. The molecule has 0 aliphatic heterocycles. The molecule has 0 aliphatic rings. The molecule has 0 atom stereocenters. The third-order valence-electron chi connectivity index (χ3n) is 4.58. The van der Waals surface area contributed by atoms with Crippen molar-refractivity contribution >= 4 is 27.3 Å². The zero-order chi connectivity index (χ0) is 20.9. The number of nitrogens with zero attached hydrogens (tertiary/aromatic N) is 1. The van der Waals surface area contributed by atoms with Gasteiger partial charge in [-0.05, 0) is 24.1 Å². The first-order chi connectivity index (χ1) is 13.9. The Hall–Kier alpha value is -2.64. The molecule has 0 amide bonds. The summed E-state index contributed by atoms with van der Waals surface area (Å²) in [5, 5.41) is 0. The number of fused-ring (bicyclic) bond motifs is 1. The van der Waals surface area contributed by atoms with Gasteiger partial charge in [0.1, 0.15) is 5.76 Å². The number of hydrogen-bond donors (Lipinski definition) is 1. The minimum Gasteiger partial charge on any atom is -0.498 e. The topological polar surface area (TPSA) is 80.6 Å². The van der Waals surface area contributed by atoms with Crippen LogP contribution < -0.4 is 4.57 Å². The van der Waals surface area contributed by atoms with Gasteiger partial charge in [-0.25, -0.2) is 0 Å². The number of ether oxygens (including phenoxy) is 1. The molecule has 0 bridgehead atoms. The summed E-state index contributed by atoms with van der Waals surface area (Å²) in [5.41, 5.74) is 3.69. The molecule has 0 radical (unpaired) electrons. The Kier molecular flexibility index (Phi) is 6.71. The third-order valence-corrected chi connectivity index (χ3v) is 5.39. The summed E-state index contributed by atoms with van der Waals surface area (Å²) in [6.45, 7) is 4.87. The van der Waals surface area contributed by atoms with Crippen LogP contribution in [0.3, 0.4) is 0 Å². The second-order valence-electron chi connectivity index (χ2n) is 6.68. The molecule has 7 heteroatoms. The molecule has 0 spiro atoms. The maximum atomic E-state index is 11.1. The van der Waals surface area contributed by atoms with E-state index in [1.165, 1.54) is 0 Å². The molecule has 6 nitrogen and oxygen atoms in total. The van der Waals surface area contributed by atoms with Gasteiger partial charge in [0.2, 0.25) is 5.58 Å². The van der Waals surface area contributed by atoms with E-state index in [-0.39, 0.29) is 12.2 Å². The Morgan fingerprint density at radius 2 is 1.90 bits per heavy atom. The Balaban J connectivity index is 2.07. The van der Waals surface area contributed by atoms with Gasteiger partial charge in [0.25, 0.3) is 15.6 Å². The van der Waals surface area contributed by atoms with Crippen LogP contribution in [-0.4, -0.2) is 25.3 Å². The van der Waals surface area contributed by atoms with Crippen molar-refractivity contribution in [2.75, 3.05) is 12.4 Å². The van der Waals surface area contributed by atoms with Crippen molar-refractivity contribution in [3.05, 3.63) is 60.2 Å². The summed E-state index contributed by atoms with van der Waals surface area (Å²) in [4.78, 5) is 0. The Labute approximate surface area is 171 Å². The van der Waals surface area contributed by atoms with E-state index in [2.05, 4.69) is 0 Å². The van der Waals surface area contributed by atoms with Crippen LogP contribution in [0.25, 0.3) is 28.3 Å². The third kappa shape index (κ3) is 5.46. The quantitative estimate of drug-likeness (QED) is 0.317. The van der Waals surface area contributed by atoms with Crippen molar-refractivity contribution in [2.45, 2.75) is 33.2 Å². The van der Waals surface area contributed by atoms with Gasteiger partial charge < -0.3 is 9.15 Å². The van der Waals surface area contributed by atoms with Crippen LogP contribution in [0.2, 0.25) is 0 Å². The maximum Gasteiger partial charge on any atom is 0.377 e. The maximum absolute atomic E-state index is 11.1. The van der Waals surface area contributed by atoms with Gasteiger partial charge in [-0.1, -0.05) is 43.3 Å². The SMILES string of the molecule is CCO/C(=C\c1oc2ccc(-c3ccccc3)cc2[n+]1CCCS(=O)(=O)O)CC. The highest BCUT2D eigenvalue weighted by atomic mass is 32.2. The summed E-state index contributed by atoms with van der Waals surface area (Å²) >= 11 is 0. The van der Waals surface area contributed by atoms with Crippen LogP contribution in [0.1, 0.15) is 32.6 Å². The van der Waals surface area contributed by atoms with Gasteiger partial charge in [0, 0.05) is 18.9 Å². The molecule has 0 saturated carbocycles. The highest BCUT2D eigenvalue weighted by Crippen LogP contribution is 2.25. The van der Waals surface area contributed by atoms with Gasteiger partial charge in [0.05, 0.1) is 18.4 Å². The minimum absolute atomic E-state index is 0.268. The number of benzene rings is 2. The number of allylic oxidation sites excluding steroid dienone is 1. The summed E-state index contributed by atoms with van der Waals surface area (Å²) in [6, 6.07) is 16.0. The molecule has 0 fully saturated rings. The molecule has 29 heavy (non-hydrogen) atoms. The van der Waals surface area contributed by atoms with Crippen LogP contribution >= 0.6 is 0 Å². The highest BCUT2D eigenvalue weighted by Gasteiger charge is 2.23. The smallest absolute Gasteiger partial charge is 0.377 e. The predicted molar refractivity (Wildman–Crippen MR) is 113 cm³/mol. The average molecular weight is 417 g/mol. The number of aromatic nitrogens is 1. The normalized spacial score (nSPS) is 12.4. The van der Waals surface area contributed by atoms with Gasteiger partial charge in [-0.2, -0.15) is 13.0 Å². The Morgan fingerprint density at radius 1 is 1.14 bits per heavy atom. The van der Waals surface area contributed by atoms with Gasteiger partial charge in [-0.15, -0.1) is 0 Å². The van der Waals surface area contributed by atoms with E-state index in [9.17, 15) is 8.42 Å². The van der Waals surface area contributed by atoms with Crippen molar-refractivity contribution in [3.8, 4) is 11.1 Å². The Bertz CT molecular complexity index is 1100. The lowest BCUT2D eigenvalue weighted by atomic mass is 10.1. The van der Waals surface area contributed by atoms with Crippen LogP contribution in [0.5, 0.6) is 0 Å².